The van der Waals surface area contributed by atoms with Crippen molar-refractivity contribution in [2.75, 3.05) is 0 Å². The van der Waals surface area contributed by atoms with E-state index in [2.05, 4.69) is 4.98 Å². The Hall–Kier alpha value is -3.14. The molecule has 3 nitrogen and oxygen atoms in total. The van der Waals surface area contributed by atoms with E-state index in [1.54, 1.807) is 18.3 Å². The molecule has 2 aromatic heterocycles. The van der Waals surface area contributed by atoms with Gasteiger partial charge < -0.3 is 0 Å². The fourth-order valence-corrected chi connectivity index (χ4v) is 3.67. The van der Waals surface area contributed by atoms with Crippen molar-refractivity contribution in [2.24, 2.45) is 0 Å². The Morgan fingerprint density at radius 1 is 0.968 bits per heavy atom. The van der Waals surface area contributed by atoms with Gasteiger partial charge in [0.1, 0.15) is 5.82 Å². The van der Waals surface area contributed by atoms with E-state index in [9.17, 15) is 9.18 Å². The van der Waals surface area contributed by atoms with Crippen LogP contribution in [0.15, 0.2) is 67.0 Å². The summed E-state index contributed by atoms with van der Waals surface area (Å²) in [4.78, 5) is 21.8. The molecule has 0 unspecified atom stereocenters. The Balaban J connectivity index is 1.60. The Morgan fingerprint density at radius 3 is 2.55 bits per heavy atom. The largest absolute Gasteiger partial charge is 0.294 e. The molecule has 160 valence electrons. The average molecular weight is 417 g/mol. The highest BCUT2D eigenvalue weighted by Gasteiger charge is 2.13. The molecule has 4 heteroatoms. The molecule has 3 aromatic rings. The number of carbonyl (C=O) groups is 1. The maximum absolute atomic E-state index is 13.4. The average Bonchev–Trinajstić information content (AvgIpc) is 2.78. The number of halogens is 1. The monoisotopic (exact) mass is 416 g/mol. The molecule has 0 aliphatic heterocycles. The summed E-state index contributed by atoms with van der Waals surface area (Å²) in [5.74, 6) is -0.0547. The van der Waals surface area contributed by atoms with Gasteiger partial charge in [-0.15, -0.1) is 0 Å². The molecule has 31 heavy (non-hydrogen) atoms. The minimum absolute atomic E-state index is 0.142. The van der Waals surface area contributed by atoms with E-state index in [-0.39, 0.29) is 11.6 Å². The third-order valence-corrected chi connectivity index (χ3v) is 5.24. The number of aromatic nitrogens is 2. The summed E-state index contributed by atoms with van der Waals surface area (Å²) in [6, 6.07) is 14.5. The summed E-state index contributed by atoms with van der Waals surface area (Å²) in [7, 11) is 0. The van der Waals surface area contributed by atoms with Gasteiger partial charge >= 0.3 is 0 Å². The van der Waals surface area contributed by atoms with E-state index in [0.29, 0.717) is 6.42 Å². The van der Waals surface area contributed by atoms with Crippen molar-refractivity contribution in [3.8, 4) is 0 Å². The van der Waals surface area contributed by atoms with Crippen LogP contribution in [0.3, 0.4) is 0 Å². The summed E-state index contributed by atoms with van der Waals surface area (Å²) in [6.45, 7) is 1.96. The first-order valence-electron chi connectivity index (χ1n) is 10.9. The Kier molecular flexibility index (Phi) is 8.65. The summed E-state index contributed by atoms with van der Waals surface area (Å²) >= 11 is 0. The van der Waals surface area contributed by atoms with Crippen LogP contribution < -0.4 is 0 Å². The van der Waals surface area contributed by atoms with Crippen LogP contribution in [-0.4, -0.2) is 15.8 Å². The molecule has 0 saturated carbocycles. The molecule has 0 fully saturated rings. The van der Waals surface area contributed by atoms with Crippen molar-refractivity contribution in [2.45, 2.75) is 51.9 Å². The smallest absolute Gasteiger partial charge is 0.164 e. The van der Waals surface area contributed by atoms with E-state index in [4.69, 9.17) is 4.98 Å². The number of unbranched alkanes of at least 4 members (excludes halogenated alkanes) is 1. The number of hydrogen-bond acceptors (Lipinski definition) is 3. The minimum atomic E-state index is -0.197. The molecule has 0 spiro atoms. The van der Waals surface area contributed by atoms with Gasteiger partial charge in [0.05, 0.1) is 11.4 Å². The van der Waals surface area contributed by atoms with Crippen LogP contribution in [-0.2, 0) is 19.3 Å². The lowest BCUT2D eigenvalue weighted by atomic mass is 9.98. The minimum Gasteiger partial charge on any atom is -0.294 e. The van der Waals surface area contributed by atoms with Crippen LogP contribution in [0.1, 0.15) is 65.5 Å². The van der Waals surface area contributed by atoms with Crippen molar-refractivity contribution >= 4 is 11.9 Å². The fourth-order valence-electron chi connectivity index (χ4n) is 3.67. The van der Waals surface area contributed by atoms with Crippen molar-refractivity contribution < 1.29 is 9.18 Å². The molecule has 0 N–H and O–H groups in total. The molecule has 0 radical (unpaired) electrons. The van der Waals surface area contributed by atoms with Crippen LogP contribution in [0.2, 0.25) is 0 Å². The van der Waals surface area contributed by atoms with Gasteiger partial charge in [0.2, 0.25) is 0 Å². The summed E-state index contributed by atoms with van der Waals surface area (Å²) in [5, 5.41) is 0. The molecule has 0 aliphatic carbocycles. The molecule has 0 amide bonds. The number of rotatable bonds is 11. The van der Waals surface area contributed by atoms with Crippen molar-refractivity contribution in [3.05, 3.63) is 101 Å². The van der Waals surface area contributed by atoms with Gasteiger partial charge in [-0.25, -0.2) is 4.39 Å². The summed E-state index contributed by atoms with van der Waals surface area (Å²) in [5.41, 5.74) is 4.61. The van der Waals surface area contributed by atoms with Crippen LogP contribution in [0.4, 0.5) is 4.39 Å². The molecule has 1 aromatic carbocycles. The van der Waals surface area contributed by atoms with Gasteiger partial charge in [-0.05, 0) is 93.0 Å². The van der Waals surface area contributed by atoms with Gasteiger partial charge in [0.15, 0.2) is 5.78 Å². The first-order chi connectivity index (χ1) is 15.2. The predicted octanol–water partition coefficient (Wildman–Crippen LogP) is 6.42. The Bertz CT molecular complexity index is 1010. The normalized spacial score (nSPS) is 11.2. The Labute approximate surface area is 184 Å². The SMILES string of the molecule is C/C=C/c1ccc(C(=O)CCCc2cccnc2)c(CCCCc2cccc(F)c2)n1. The van der Waals surface area contributed by atoms with E-state index in [0.717, 1.165) is 66.6 Å². The number of ketones is 1. The molecule has 3 rings (SSSR count). The number of benzene rings is 1. The Morgan fingerprint density at radius 2 is 1.77 bits per heavy atom. The van der Waals surface area contributed by atoms with Crippen LogP contribution in [0, 0.1) is 5.82 Å². The van der Waals surface area contributed by atoms with Gasteiger partial charge in [-0.2, -0.15) is 0 Å². The molecule has 0 bridgehead atoms. The molecule has 0 atom stereocenters. The third kappa shape index (κ3) is 7.25. The van der Waals surface area contributed by atoms with Crippen molar-refractivity contribution in [1.29, 1.82) is 0 Å². The van der Waals surface area contributed by atoms with Crippen LogP contribution in [0.25, 0.3) is 6.08 Å². The van der Waals surface area contributed by atoms with E-state index < -0.39 is 0 Å². The lowest BCUT2D eigenvalue weighted by Crippen LogP contribution is -2.08. The highest BCUT2D eigenvalue weighted by Crippen LogP contribution is 2.17. The lowest BCUT2D eigenvalue weighted by Gasteiger charge is -2.10. The van der Waals surface area contributed by atoms with E-state index in [1.807, 2.05) is 55.6 Å². The zero-order valence-electron chi connectivity index (χ0n) is 18.1. The van der Waals surface area contributed by atoms with Gasteiger partial charge in [-0.3, -0.25) is 14.8 Å². The van der Waals surface area contributed by atoms with Crippen LogP contribution >= 0.6 is 0 Å². The fraction of sp³-hybridized carbons (Fsp3) is 0.296. The lowest BCUT2D eigenvalue weighted by molar-refractivity contribution is 0.0979. The predicted molar refractivity (Wildman–Crippen MR) is 123 cm³/mol. The quantitative estimate of drug-likeness (QED) is 0.268. The first-order valence-corrected chi connectivity index (χ1v) is 10.9. The molecule has 0 saturated heterocycles. The van der Waals surface area contributed by atoms with E-state index in [1.165, 1.54) is 6.07 Å². The number of allylic oxidation sites excluding steroid dienone is 1. The van der Waals surface area contributed by atoms with Gasteiger partial charge in [0, 0.05) is 24.4 Å². The number of hydrogen-bond donors (Lipinski definition) is 0. The van der Waals surface area contributed by atoms with Crippen molar-refractivity contribution in [3.63, 3.8) is 0 Å². The standard InChI is InChI=1S/C27H29FN2O/c1-2-8-24-16-17-25(27(31)15-6-11-22-12-7-18-29-20-22)26(30-24)14-4-3-9-21-10-5-13-23(28)19-21/h2,5,7-8,10,12-13,16-20H,3-4,6,9,11,14-15H2,1H3/b8-2+. The number of pyridine rings is 2. The maximum atomic E-state index is 13.4. The zero-order valence-corrected chi connectivity index (χ0v) is 18.1. The van der Waals surface area contributed by atoms with E-state index >= 15 is 0 Å². The van der Waals surface area contributed by atoms with Crippen molar-refractivity contribution in [1.82, 2.24) is 9.97 Å². The summed E-state index contributed by atoms with van der Waals surface area (Å²) in [6.07, 6.45) is 13.0. The highest BCUT2D eigenvalue weighted by atomic mass is 19.1. The number of Topliss-reactive ketones (excluding diaryl/α,β-unsaturated/α-hetero) is 1. The highest BCUT2D eigenvalue weighted by molar-refractivity contribution is 5.97. The van der Waals surface area contributed by atoms with Crippen LogP contribution in [0.5, 0.6) is 0 Å². The second-order valence-electron chi connectivity index (χ2n) is 7.71. The number of carbonyl (C=O) groups excluding carboxylic acids is 1. The summed E-state index contributed by atoms with van der Waals surface area (Å²) < 4.78 is 13.4. The zero-order chi connectivity index (χ0) is 21.9. The van der Waals surface area contributed by atoms with Gasteiger partial charge in [-0.1, -0.05) is 24.3 Å². The molecule has 0 aliphatic rings. The second-order valence-corrected chi connectivity index (χ2v) is 7.71. The third-order valence-electron chi connectivity index (χ3n) is 5.24. The number of aryl methyl sites for hydroxylation is 3. The number of nitrogens with zero attached hydrogens (tertiary/aromatic N) is 2. The first kappa shape index (κ1) is 22.5. The van der Waals surface area contributed by atoms with Gasteiger partial charge in [0.25, 0.3) is 0 Å². The molecule has 2 heterocycles. The topological polar surface area (TPSA) is 42.9 Å². The second kappa shape index (κ2) is 11.9. The maximum Gasteiger partial charge on any atom is 0.164 e. The molecular formula is C27H29FN2O. The molecular weight excluding hydrogens is 387 g/mol.